The third-order valence-electron chi connectivity index (χ3n) is 11.3. The van der Waals surface area contributed by atoms with E-state index in [0.717, 1.165) is 34.1 Å². The summed E-state index contributed by atoms with van der Waals surface area (Å²) in [6.45, 7) is 26.7. The Labute approximate surface area is 360 Å². The van der Waals surface area contributed by atoms with Crippen LogP contribution in [-0.4, -0.2) is 0 Å². The molecule has 4 nitrogen and oxygen atoms in total. The number of allylic oxidation sites excluding steroid dienone is 2. The van der Waals surface area contributed by atoms with Crippen molar-refractivity contribution in [1.29, 1.82) is 10.5 Å². The van der Waals surface area contributed by atoms with Gasteiger partial charge in [-0.1, -0.05) is 156 Å². The van der Waals surface area contributed by atoms with E-state index in [9.17, 15) is 10.5 Å². The summed E-state index contributed by atoms with van der Waals surface area (Å²) in [6, 6.07) is 55.7. The summed E-state index contributed by atoms with van der Waals surface area (Å²) in [4.78, 5) is 4.48. The number of nitrogens with zero attached hydrogens (tertiary/aromatic N) is 4. The van der Waals surface area contributed by atoms with Gasteiger partial charge in [0.15, 0.2) is 0 Å². The van der Waals surface area contributed by atoms with Gasteiger partial charge in [-0.15, -0.1) is 0 Å². The smallest absolute Gasteiger partial charge is 0.101 e. The molecule has 0 N–H and O–H groups in total. The fourth-order valence-corrected chi connectivity index (χ4v) is 7.42. The Morgan fingerprint density at radius 2 is 0.467 bits per heavy atom. The Morgan fingerprint density at radius 1 is 0.300 bits per heavy atom. The highest BCUT2D eigenvalue weighted by molar-refractivity contribution is 6.03. The van der Waals surface area contributed by atoms with Crippen molar-refractivity contribution in [2.75, 3.05) is 9.80 Å². The Kier molecular flexibility index (Phi) is 12.0. The summed E-state index contributed by atoms with van der Waals surface area (Å²) in [5.74, 6) is 0. The lowest BCUT2D eigenvalue weighted by atomic mass is 9.86. The molecule has 0 amide bonds. The second-order valence-electron chi connectivity index (χ2n) is 19.9. The average Bonchev–Trinajstić information content (AvgIpc) is 3.20. The van der Waals surface area contributed by atoms with Crippen molar-refractivity contribution in [1.82, 2.24) is 0 Å². The van der Waals surface area contributed by atoms with Crippen LogP contribution in [0.2, 0.25) is 0 Å². The van der Waals surface area contributed by atoms with Gasteiger partial charge in [0.2, 0.25) is 0 Å². The van der Waals surface area contributed by atoms with Gasteiger partial charge in [-0.05, 0) is 128 Å². The first-order valence-corrected chi connectivity index (χ1v) is 21.0. The number of anilines is 6. The van der Waals surface area contributed by atoms with Crippen LogP contribution in [0.4, 0.5) is 34.1 Å². The second-order valence-corrected chi connectivity index (χ2v) is 19.9. The monoisotopic (exact) mass is 788 g/mol. The third-order valence-corrected chi connectivity index (χ3v) is 11.3. The van der Waals surface area contributed by atoms with Crippen LogP contribution < -0.4 is 9.80 Å². The lowest BCUT2D eigenvalue weighted by molar-refractivity contribution is 0.590. The van der Waals surface area contributed by atoms with Gasteiger partial charge in [-0.2, -0.15) is 10.5 Å². The molecule has 304 valence electrons. The number of benzene rings is 6. The van der Waals surface area contributed by atoms with Gasteiger partial charge in [-0.25, -0.2) is 0 Å². The van der Waals surface area contributed by atoms with E-state index in [1.807, 2.05) is 48.5 Å². The Bertz CT molecular complexity index is 2220. The molecule has 0 unspecified atom stereocenters. The molecule has 0 aliphatic carbocycles. The Morgan fingerprint density at radius 3 is 0.617 bits per heavy atom. The van der Waals surface area contributed by atoms with Crippen LogP contribution in [0, 0.1) is 22.7 Å². The molecule has 0 fully saturated rings. The molecule has 0 bridgehead atoms. The van der Waals surface area contributed by atoms with Crippen LogP contribution in [0.25, 0.3) is 11.1 Å². The van der Waals surface area contributed by atoms with Gasteiger partial charge in [0.05, 0.1) is 11.1 Å². The molecule has 0 spiro atoms. The van der Waals surface area contributed by atoms with E-state index in [1.165, 1.54) is 22.3 Å². The quantitative estimate of drug-likeness (QED) is 0.114. The molecular weight excluding hydrogens is 729 g/mol. The van der Waals surface area contributed by atoms with Crippen LogP contribution >= 0.6 is 0 Å². The lowest BCUT2D eigenvalue weighted by Gasteiger charge is -2.28. The maximum atomic E-state index is 10.6. The molecule has 6 aromatic carbocycles. The van der Waals surface area contributed by atoms with Crippen molar-refractivity contribution in [3.05, 3.63) is 179 Å². The number of nitriles is 2. The van der Waals surface area contributed by atoms with Crippen LogP contribution in [0.1, 0.15) is 116 Å². The zero-order valence-corrected chi connectivity index (χ0v) is 37.6. The molecule has 4 heteroatoms. The zero-order valence-electron chi connectivity index (χ0n) is 37.6. The highest BCUT2D eigenvalue weighted by atomic mass is 15.1. The van der Waals surface area contributed by atoms with Gasteiger partial charge < -0.3 is 9.80 Å². The van der Waals surface area contributed by atoms with E-state index in [0.29, 0.717) is 22.3 Å². The van der Waals surface area contributed by atoms with E-state index in [-0.39, 0.29) is 21.7 Å². The summed E-state index contributed by atoms with van der Waals surface area (Å²) in [6.07, 6.45) is 0. The van der Waals surface area contributed by atoms with Gasteiger partial charge in [0, 0.05) is 34.1 Å². The van der Waals surface area contributed by atoms with E-state index >= 15 is 0 Å². The predicted octanol–water partition coefficient (Wildman–Crippen LogP) is 15.8. The topological polar surface area (TPSA) is 54.1 Å². The van der Waals surface area contributed by atoms with Crippen LogP contribution in [-0.2, 0) is 21.7 Å². The molecule has 0 saturated heterocycles. The summed E-state index contributed by atoms with van der Waals surface area (Å²) in [5.41, 5.74) is 13.3. The van der Waals surface area contributed by atoms with Crippen molar-refractivity contribution in [3.8, 4) is 12.1 Å². The van der Waals surface area contributed by atoms with Gasteiger partial charge in [0.25, 0.3) is 0 Å². The maximum Gasteiger partial charge on any atom is 0.101 e. The van der Waals surface area contributed by atoms with Gasteiger partial charge >= 0.3 is 0 Å². The fourth-order valence-electron chi connectivity index (χ4n) is 7.42. The summed E-state index contributed by atoms with van der Waals surface area (Å²) in [7, 11) is 0. The summed E-state index contributed by atoms with van der Waals surface area (Å²) < 4.78 is 0. The molecule has 6 rings (SSSR count). The van der Waals surface area contributed by atoms with Crippen LogP contribution in [0.3, 0.4) is 0 Å². The number of rotatable bonds is 8. The summed E-state index contributed by atoms with van der Waals surface area (Å²) in [5, 5.41) is 21.2. The molecule has 0 aromatic heterocycles. The Balaban J connectivity index is 1.37. The van der Waals surface area contributed by atoms with E-state index in [4.69, 9.17) is 0 Å². The fraction of sp³-hybridized carbons (Fsp3) is 0.286. The molecule has 0 heterocycles. The minimum atomic E-state index is 0.0360. The number of hydrogen-bond donors (Lipinski definition) is 0. The zero-order chi connectivity index (χ0) is 43.6. The Hall–Kier alpha value is -6.36. The second kappa shape index (κ2) is 16.7. The molecule has 6 aromatic rings. The van der Waals surface area contributed by atoms with Crippen molar-refractivity contribution < 1.29 is 0 Å². The highest BCUT2D eigenvalue weighted by Gasteiger charge is 2.22. The summed E-state index contributed by atoms with van der Waals surface area (Å²) >= 11 is 0. The highest BCUT2D eigenvalue weighted by Crippen LogP contribution is 2.40. The van der Waals surface area contributed by atoms with Gasteiger partial charge in [0.1, 0.15) is 12.1 Å². The molecule has 0 saturated carbocycles. The first kappa shape index (κ1) is 43.2. The average molecular weight is 789 g/mol. The first-order chi connectivity index (χ1) is 28.2. The largest absolute Gasteiger partial charge is 0.311 e. The van der Waals surface area contributed by atoms with Crippen molar-refractivity contribution in [2.45, 2.75) is 105 Å². The van der Waals surface area contributed by atoms with Crippen molar-refractivity contribution in [3.63, 3.8) is 0 Å². The number of hydrogen-bond acceptors (Lipinski definition) is 4. The van der Waals surface area contributed by atoms with Crippen LogP contribution in [0.15, 0.2) is 146 Å². The van der Waals surface area contributed by atoms with Crippen LogP contribution in [0.5, 0.6) is 0 Å². The van der Waals surface area contributed by atoms with Gasteiger partial charge in [-0.3, -0.25) is 0 Å². The predicted molar refractivity (Wildman–Crippen MR) is 255 cm³/mol. The molecule has 0 atom stereocenters. The van der Waals surface area contributed by atoms with Crippen molar-refractivity contribution >= 4 is 45.3 Å². The third kappa shape index (κ3) is 9.57. The standard InChI is InChI=1S/C56H60N4/c1-53(2,3)41-17-29-47(30-18-41)59(48-31-19-42(20-32-48)54(4,5)6)45-25-13-39(14-26-45)51(37-57)52(38-58)40-15-27-46(28-16-40)60(49-33-21-43(22-34-49)55(7,8)9)50-35-23-44(24-36-50)56(10,11)12/h13-36H,1-12H3/b52-51+. The molecule has 0 aliphatic rings. The molecule has 0 aliphatic heterocycles. The van der Waals surface area contributed by atoms with E-state index in [1.54, 1.807) is 0 Å². The first-order valence-electron chi connectivity index (χ1n) is 21.0. The molecular formula is C56H60N4. The lowest BCUT2D eigenvalue weighted by Crippen LogP contribution is -2.14. The molecule has 60 heavy (non-hydrogen) atoms. The molecule has 0 radical (unpaired) electrons. The SMILES string of the molecule is CC(C)(C)c1ccc(N(c2ccc(/C(C#N)=C(\C#N)c3ccc(N(c4ccc(C(C)(C)C)cc4)c4ccc(C(C)(C)C)cc4)cc3)cc2)c2ccc(C(C)(C)C)cc2)cc1. The van der Waals surface area contributed by atoms with Crippen molar-refractivity contribution in [2.24, 2.45) is 0 Å². The normalized spacial score (nSPS) is 12.6. The van der Waals surface area contributed by atoms with E-state index in [2.05, 4.69) is 202 Å². The van der Waals surface area contributed by atoms with E-state index < -0.39 is 0 Å². The maximum absolute atomic E-state index is 10.6. The minimum Gasteiger partial charge on any atom is -0.311 e. The minimum absolute atomic E-state index is 0.0360.